The minimum absolute atomic E-state index is 0.00464. The molecule has 0 aromatic heterocycles. The predicted molar refractivity (Wildman–Crippen MR) is 108 cm³/mol. The molecule has 2 aromatic carbocycles. The summed E-state index contributed by atoms with van der Waals surface area (Å²) in [5.41, 5.74) is 2.40. The molecule has 0 radical (unpaired) electrons. The maximum absolute atomic E-state index is 12.5. The molecule has 1 amide bonds. The Morgan fingerprint density at radius 1 is 1.00 bits per heavy atom. The van der Waals surface area contributed by atoms with Crippen LogP contribution in [-0.4, -0.2) is 51.2 Å². The van der Waals surface area contributed by atoms with E-state index in [4.69, 9.17) is 11.6 Å². The molecule has 1 saturated heterocycles. The Morgan fingerprint density at radius 3 is 2.26 bits per heavy atom. The third kappa shape index (κ3) is 4.82. The summed E-state index contributed by atoms with van der Waals surface area (Å²) >= 11 is 5.80. The van der Waals surface area contributed by atoms with Crippen LogP contribution in [0.4, 0.5) is 5.69 Å². The highest BCUT2D eigenvalue weighted by Gasteiger charge is 2.24. The van der Waals surface area contributed by atoms with Crippen LogP contribution in [0.3, 0.4) is 0 Å². The van der Waals surface area contributed by atoms with E-state index in [0.29, 0.717) is 18.1 Å². The van der Waals surface area contributed by atoms with E-state index >= 15 is 0 Å². The van der Waals surface area contributed by atoms with Crippen molar-refractivity contribution in [3.8, 4) is 0 Å². The van der Waals surface area contributed by atoms with E-state index in [-0.39, 0.29) is 23.0 Å². The highest BCUT2D eigenvalue weighted by atomic mass is 35.5. The number of sulfone groups is 1. The molecular weight excluding hydrogens is 384 g/mol. The average molecular weight is 407 g/mol. The van der Waals surface area contributed by atoms with E-state index in [1.165, 1.54) is 23.4 Å². The van der Waals surface area contributed by atoms with E-state index in [9.17, 15) is 13.2 Å². The third-order valence-corrected chi connectivity index (χ3v) is 6.83. The van der Waals surface area contributed by atoms with Gasteiger partial charge in [-0.15, -0.1) is 0 Å². The summed E-state index contributed by atoms with van der Waals surface area (Å²) in [6.07, 6.45) is -0.00464. The second-order valence-corrected chi connectivity index (χ2v) is 9.22. The van der Waals surface area contributed by atoms with Crippen LogP contribution in [-0.2, 0) is 14.6 Å². The number of anilines is 1. The SMILES string of the molecule is Cc1ccccc1N1CCN(C(=O)CCS(=O)(=O)c2ccc(Cl)cc2)CC1. The van der Waals surface area contributed by atoms with E-state index in [2.05, 4.69) is 24.0 Å². The smallest absolute Gasteiger partial charge is 0.223 e. The van der Waals surface area contributed by atoms with Gasteiger partial charge in [0.25, 0.3) is 0 Å². The summed E-state index contributed by atoms with van der Waals surface area (Å²) in [5, 5.41) is 0.483. The lowest BCUT2D eigenvalue weighted by molar-refractivity contribution is -0.131. The van der Waals surface area contributed by atoms with Gasteiger partial charge in [-0.25, -0.2) is 8.42 Å². The molecule has 0 unspecified atom stereocenters. The van der Waals surface area contributed by atoms with Gasteiger partial charge in [0.05, 0.1) is 10.6 Å². The second kappa shape index (κ2) is 8.31. The van der Waals surface area contributed by atoms with Gasteiger partial charge in [0.15, 0.2) is 9.84 Å². The van der Waals surface area contributed by atoms with Gasteiger partial charge in [-0.1, -0.05) is 29.8 Å². The van der Waals surface area contributed by atoms with Crippen LogP contribution in [0.1, 0.15) is 12.0 Å². The first-order valence-electron chi connectivity index (χ1n) is 8.93. The summed E-state index contributed by atoms with van der Waals surface area (Å²) in [5.74, 6) is -0.303. The molecule has 1 fully saturated rings. The summed E-state index contributed by atoms with van der Waals surface area (Å²) in [7, 11) is -3.49. The number of hydrogen-bond donors (Lipinski definition) is 0. The maximum atomic E-state index is 12.5. The van der Waals surface area contributed by atoms with Gasteiger partial charge >= 0.3 is 0 Å². The summed E-state index contributed by atoms with van der Waals surface area (Å²) in [4.78, 5) is 16.7. The van der Waals surface area contributed by atoms with Crippen molar-refractivity contribution in [1.82, 2.24) is 4.90 Å². The molecular formula is C20H23ClN2O3S. The molecule has 1 aliphatic heterocycles. The Bertz CT molecular complexity index is 905. The zero-order valence-electron chi connectivity index (χ0n) is 15.3. The molecule has 0 N–H and O–H groups in total. The minimum Gasteiger partial charge on any atom is -0.368 e. The second-order valence-electron chi connectivity index (χ2n) is 6.68. The van der Waals surface area contributed by atoms with Gasteiger partial charge in [0, 0.05) is 43.3 Å². The van der Waals surface area contributed by atoms with Crippen LogP contribution in [0.2, 0.25) is 5.02 Å². The number of benzene rings is 2. The molecule has 0 spiro atoms. The van der Waals surface area contributed by atoms with Crippen molar-refractivity contribution in [2.45, 2.75) is 18.2 Å². The minimum atomic E-state index is -3.49. The van der Waals surface area contributed by atoms with E-state index in [1.807, 2.05) is 12.1 Å². The van der Waals surface area contributed by atoms with Crippen molar-refractivity contribution in [3.63, 3.8) is 0 Å². The molecule has 2 aromatic rings. The number of halogens is 1. The first-order chi connectivity index (χ1) is 12.9. The zero-order chi connectivity index (χ0) is 19.4. The zero-order valence-corrected chi connectivity index (χ0v) is 16.8. The highest BCUT2D eigenvalue weighted by Crippen LogP contribution is 2.21. The number of amides is 1. The lowest BCUT2D eigenvalue weighted by Gasteiger charge is -2.36. The molecule has 0 bridgehead atoms. The number of piperazine rings is 1. The molecule has 3 rings (SSSR count). The lowest BCUT2D eigenvalue weighted by Crippen LogP contribution is -2.49. The monoisotopic (exact) mass is 406 g/mol. The predicted octanol–water partition coefficient (Wildman–Crippen LogP) is 3.16. The Labute approximate surface area is 165 Å². The first-order valence-corrected chi connectivity index (χ1v) is 11.0. The molecule has 0 atom stereocenters. The van der Waals surface area contributed by atoms with Crippen LogP contribution in [0, 0.1) is 6.92 Å². The summed E-state index contributed by atoms with van der Waals surface area (Å²) in [6.45, 7) is 4.79. The van der Waals surface area contributed by atoms with Crippen molar-refractivity contribution in [2.24, 2.45) is 0 Å². The van der Waals surface area contributed by atoms with Crippen molar-refractivity contribution < 1.29 is 13.2 Å². The summed E-state index contributed by atoms with van der Waals surface area (Å²) in [6, 6.07) is 14.2. The molecule has 1 aliphatic rings. The van der Waals surface area contributed by atoms with Crippen LogP contribution < -0.4 is 4.90 Å². The highest BCUT2D eigenvalue weighted by molar-refractivity contribution is 7.91. The van der Waals surface area contributed by atoms with Crippen LogP contribution in [0.15, 0.2) is 53.4 Å². The van der Waals surface area contributed by atoms with Crippen LogP contribution in [0.25, 0.3) is 0 Å². The third-order valence-electron chi connectivity index (χ3n) is 4.85. The van der Waals surface area contributed by atoms with Gasteiger partial charge in [-0.2, -0.15) is 0 Å². The lowest BCUT2D eigenvalue weighted by atomic mass is 10.1. The number of para-hydroxylation sites is 1. The molecule has 144 valence electrons. The molecule has 0 saturated carbocycles. The Kier molecular flexibility index (Phi) is 6.07. The average Bonchev–Trinajstić information content (AvgIpc) is 2.67. The van der Waals surface area contributed by atoms with E-state index in [0.717, 1.165) is 13.1 Å². The number of rotatable bonds is 5. The maximum Gasteiger partial charge on any atom is 0.223 e. The first kappa shape index (κ1) is 19.7. The van der Waals surface area contributed by atoms with Gasteiger partial charge in [0.2, 0.25) is 5.91 Å². The molecule has 27 heavy (non-hydrogen) atoms. The molecule has 1 heterocycles. The normalized spacial score (nSPS) is 15.0. The number of hydrogen-bond acceptors (Lipinski definition) is 4. The van der Waals surface area contributed by atoms with Crippen LogP contribution >= 0.6 is 11.6 Å². The standard InChI is InChI=1S/C20H23ClN2O3S/c1-16-4-2-3-5-19(16)22-11-13-23(14-12-22)20(24)10-15-27(25,26)18-8-6-17(21)7-9-18/h2-9H,10-15H2,1H3. The fourth-order valence-corrected chi connectivity index (χ4v) is 4.61. The number of nitrogens with zero attached hydrogens (tertiary/aromatic N) is 2. The van der Waals surface area contributed by atoms with Gasteiger partial charge in [0.1, 0.15) is 0 Å². The van der Waals surface area contributed by atoms with Crippen molar-refractivity contribution in [1.29, 1.82) is 0 Å². The van der Waals surface area contributed by atoms with Gasteiger partial charge in [-0.3, -0.25) is 4.79 Å². The quantitative estimate of drug-likeness (QED) is 0.765. The number of carbonyl (C=O) groups is 1. The molecule has 7 heteroatoms. The van der Waals surface area contributed by atoms with Gasteiger partial charge in [-0.05, 0) is 42.8 Å². The Hall–Kier alpha value is -2.05. The van der Waals surface area contributed by atoms with Crippen molar-refractivity contribution in [2.75, 3.05) is 36.8 Å². The largest absolute Gasteiger partial charge is 0.368 e. The molecule has 5 nitrogen and oxygen atoms in total. The number of carbonyl (C=O) groups excluding carboxylic acids is 1. The van der Waals surface area contributed by atoms with E-state index < -0.39 is 9.84 Å². The van der Waals surface area contributed by atoms with Crippen molar-refractivity contribution >= 4 is 33.0 Å². The summed E-state index contributed by atoms with van der Waals surface area (Å²) < 4.78 is 24.8. The molecule has 0 aliphatic carbocycles. The topological polar surface area (TPSA) is 57.7 Å². The van der Waals surface area contributed by atoms with E-state index in [1.54, 1.807) is 17.0 Å². The number of aryl methyl sites for hydroxylation is 1. The fourth-order valence-electron chi connectivity index (χ4n) is 3.25. The Morgan fingerprint density at radius 2 is 1.63 bits per heavy atom. The Balaban J connectivity index is 1.54. The fraction of sp³-hybridized carbons (Fsp3) is 0.350. The van der Waals surface area contributed by atoms with Gasteiger partial charge < -0.3 is 9.80 Å². The van der Waals surface area contributed by atoms with Crippen LogP contribution in [0.5, 0.6) is 0 Å². The van der Waals surface area contributed by atoms with Crippen molar-refractivity contribution in [3.05, 3.63) is 59.1 Å².